The number of hydrogen-bond acceptors (Lipinski definition) is 3. The van der Waals surface area contributed by atoms with Crippen molar-refractivity contribution in [1.29, 1.82) is 0 Å². The molecule has 0 aromatic rings. The maximum atomic E-state index is 11.6. The largest absolute Gasteiger partial charge is 0.380 e. The summed E-state index contributed by atoms with van der Waals surface area (Å²) in [4.78, 5) is 11.6. The quantitative estimate of drug-likeness (QED) is 0.591. The molecule has 1 unspecified atom stereocenters. The van der Waals surface area contributed by atoms with Gasteiger partial charge >= 0.3 is 0 Å². The number of nitrogens with one attached hydrogen (secondary N) is 1. The molecule has 0 aliphatic carbocycles. The number of nitrogens with two attached hydrogens (primary N) is 1. The Bertz CT molecular complexity index is 168. The fraction of sp³-hybridized carbons (Fsp3) is 0.900. The van der Waals surface area contributed by atoms with Gasteiger partial charge in [0.2, 0.25) is 5.91 Å². The molecule has 0 fully saturated rings. The second kappa shape index (κ2) is 6.79. The average Bonchev–Trinajstić information content (AvgIpc) is 2.22. The van der Waals surface area contributed by atoms with E-state index in [4.69, 9.17) is 10.5 Å². The summed E-state index contributed by atoms with van der Waals surface area (Å²) < 4.78 is 5.12. The highest BCUT2D eigenvalue weighted by atomic mass is 16.5. The SMILES string of the molecule is CCOCCNC(=O)C(C)(CC)CN. The number of carbonyl (C=O) groups is 1. The van der Waals surface area contributed by atoms with Crippen LogP contribution in [-0.4, -0.2) is 32.2 Å². The Balaban J connectivity index is 3.82. The molecule has 84 valence electrons. The van der Waals surface area contributed by atoms with E-state index in [9.17, 15) is 4.79 Å². The van der Waals surface area contributed by atoms with Crippen molar-refractivity contribution in [2.75, 3.05) is 26.3 Å². The van der Waals surface area contributed by atoms with Crippen molar-refractivity contribution in [3.05, 3.63) is 0 Å². The van der Waals surface area contributed by atoms with Crippen LogP contribution in [0, 0.1) is 5.41 Å². The molecule has 0 rings (SSSR count). The standard InChI is InChI=1S/C10H22N2O2/c1-4-10(3,8-11)9(13)12-6-7-14-5-2/h4-8,11H2,1-3H3,(H,12,13). The summed E-state index contributed by atoms with van der Waals surface area (Å²) >= 11 is 0. The summed E-state index contributed by atoms with van der Waals surface area (Å²) in [5.74, 6) is 0.0159. The van der Waals surface area contributed by atoms with E-state index in [2.05, 4.69) is 5.32 Å². The number of hydrogen-bond donors (Lipinski definition) is 2. The van der Waals surface area contributed by atoms with Crippen LogP contribution in [0.5, 0.6) is 0 Å². The highest BCUT2D eigenvalue weighted by Crippen LogP contribution is 2.18. The Morgan fingerprint density at radius 2 is 2.14 bits per heavy atom. The van der Waals surface area contributed by atoms with E-state index in [0.29, 0.717) is 26.3 Å². The molecule has 1 amide bonds. The fourth-order valence-electron chi connectivity index (χ4n) is 0.992. The lowest BCUT2D eigenvalue weighted by molar-refractivity contribution is -0.130. The zero-order valence-electron chi connectivity index (χ0n) is 9.43. The van der Waals surface area contributed by atoms with Crippen molar-refractivity contribution in [2.45, 2.75) is 27.2 Å². The third-order valence-electron chi connectivity index (χ3n) is 2.52. The predicted octanol–water partition coefficient (Wildman–Crippen LogP) is 0.514. The van der Waals surface area contributed by atoms with Gasteiger partial charge in [0.15, 0.2) is 0 Å². The molecule has 3 N–H and O–H groups in total. The van der Waals surface area contributed by atoms with Gasteiger partial charge in [0.1, 0.15) is 0 Å². The van der Waals surface area contributed by atoms with Crippen LogP contribution in [0.2, 0.25) is 0 Å². The van der Waals surface area contributed by atoms with E-state index >= 15 is 0 Å². The van der Waals surface area contributed by atoms with Crippen LogP contribution in [0.3, 0.4) is 0 Å². The maximum absolute atomic E-state index is 11.6. The van der Waals surface area contributed by atoms with Crippen molar-refractivity contribution >= 4 is 5.91 Å². The molecule has 0 aromatic carbocycles. The van der Waals surface area contributed by atoms with Crippen molar-refractivity contribution < 1.29 is 9.53 Å². The first kappa shape index (κ1) is 13.4. The Morgan fingerprint density at radius 3 is 2.57 bits per heavy atom. The Hall–Kier alpha value is -0.610. The minimum absolute atomic E-state index is 0.0159. The fourth-order valence-corrected chi connectivity index (χ4v) is 0.992. The van der Waals surface area contributed by atoms with Crippen LogP contribution in [-0.2, 0) is 9.53 Å². The molecule has 0 aromatic heterocycles. The summed E-state index contributed by atoms with van der Waals surface area (Å²) in [5.41, 5.74) is 5.12. The van der Waals surface area contributed by atoms with Crippen molar-refractivity contribution in [2.24, 2.45) is 11.1 Å². The first-order valence-electron chi connectivity index (χ1n) is 5.16. The van der Waals surface area contributed by atoms with Gasteiger partial charge in [-0.05, 0) is 20.3 Å². The zero-order chi connectivity index (χ0) is 11.0. The number of rotatable bonds is 7. The Labute approximate surface area is 86.2 Å². The van der Waals surface area contributed by atoms with Gasteiger partial charge < -0.3 is 15.8 Å². The van der Waals surface area contributed by atoms with Gasteiger partial charge in [-0.2, -0.15) is 0 Å². The van der Waals surface area contributed by atoms with Gasteiger partial charge in [0.05, 0.1) is 12.0 Å². The van der Waals surface area contributed by atoms with Crippen LogP contribution >= 0.6 is 0 Å². The van der Waals surface area contributed by atoms with Gasteiger partial charge in [0.25, 0.3) is 0 Å². The van der Waals surface area contributed by atoms with E-state index in [1.165, 1.54) is 0 Å². The first-order chi connectivity index (χ1) is 6.60. The summed E-state index contributed by atoms with van der Waals surface area (Å²) in [6.07, 6.45) is 0.754. The Kier molecular flexibility index (Phi) is 6.49. The van der Waals surface area contributed by atoms with Crippen molar-refractivity contribution in [3.63, 3.8) is 0 Å². The summed E-state index contributed by atoms with van der Waals surface area (Å²) in [6.45, 7) is 7.95. The van der Waals surface area contributed by atoms with E-state index in [0.717, 1.165) is 6.42 Å². The van der Waals surface area contributed by atoms with Crippen LogP contribution in [0.25, 0.3) is 0 Å². The molecule has 0 bridgehead atoms. The summed E-state index contributed by atoms with van der Waals surface area (Å²) in [5, 5.41) is 2.82. The molecular formula is C10H22N2O2. The Morgan fingerprint density at radius 1 is 1.50 bits per heavy atom. The number of amides is 1. The molecule has 0 radical (unpaired) electrons. The molecule has 1 atom stereocenters. The van der Waals surface area contributed by atoms with Gasteiger partial charge in [-0.3, -0.25) is 4.79 Å². The van der Waals surface area contributed by atoms with Gasteiger partial charge in [-0.1, -0.05) is 6.92 Å². The molecule has 0 aliphatic heterocycles. The second-order valence-electron chi connectivity index (χ2n) is 3.57. The third-order valence-corrected chi connectivity index (χ3v) is 2.52. The van der Waals surface area contributed by atoms with Gasteiger partial charge in [0, 0.05) is 19.7 Å². The van der Waals surface area contributed by atoms with Crippen molar-refractivity contribution in [3.8, 4) is 0 Å². The third kappa shape index (κ3) is 4.07. The van der Waals surface area contributed by atoms with Crippen LogP contribution in [0.1, 0.15) is 27.2 Å². The van der Waals surface area contributed by atoms with Gasteiger partial charge in [-0.15, -0.1) is 0 Å². The minimum atomic E-state index is -0.438. The highest BCUT2D eigenvalue weighted by Gasteiger charge is 2.28. The lowest BCUT2D eigenvalue weighted by atomic mass is 9.87. The van der Waals surface area contributed by atoms with Crippen LogP contribution in [0.15, 0.2) is 0 Å². The van der Waals surface area contributed by atoms with Gasteiger partial charge in [-0.25, -0.2) is 0 Å². The second-order valence-corrected chi connectivity index (χ2v) is 3.57. The molecular weight excluding hydrogens is 180 g/mol. The molecule has 0 spiro atoms. The molecule has 0 saturated carbocycles. The highest BCUT2D eigenvalue weighted by molar-refractivity contribution is 5.82. The molecule has 4 heteroatoms. The van der Waals surface area contributed by atoms with Crippen LogP contribution in [0.4, 0.5) is 0 Å². The normalized spacial score (nSPS) is 14.9. The predicted molar refractivity (Wildman–Crippen MR) is 57.0 cm³/mol. The van der Waals surface area contributed by atoms with E-state index in [1.807, 2.05) is 20.8 Å². The lowest BCUT2D eigenvalue weighted by Crippen LogP contribution is -2.44. The maximum Gasteiger partial charge on any atom is 0.227 e. The van der Waals surface area contributed by atoms with Crippen LogP contribution < -0.4 is 11.1 Å². The molecule has 0 heterocycles. The minimum Gasteiger partial charge on any atom is -0.380 e. The average molecular weight is 202 g/mol. The van der Waals surface area contributed by atoms with E-state index in [1.54, 1.807) is 0 Å². The smallest absolute Gasteiger partial charge is 0.227 e. The molecule has 0 aliphatic rings. The summed E-state index contributed by atoms with van der Waals surface area (Å²) in [6, 6.07) is 0. The monoisotopic (exact) mass is 202 g/mol. The first-order valence-corrected chi connectivity index (χ1v) is 5.16. The lowest BCUT2D eigenvalue weighted by Gasteiger charge is -2.24. The zero-order valence-corrected chi connectivity index (χ0v) is 9.43. The number of ether oxygens (including phenoxy) is 1. The molecule has 4 nitrogen and oxygen atoms in total. The van der Waals surface area contributed by atoms with E-state index in [-0.39, 0.29) is 5.91 Å². The topological polar surface area (TPSA) is 64.3 Å². The van der Waals surface area contributed by atoms with Crippen molar-refractivity contribution in [1.82, 2.24) is 5.32 Å². The van der Waals surface area contributed by atoms with E-state index < -0.39 is 5.41 Å². The molecule has 0 saturated heterocycles. The summed E-state index contributed by atoms with van der Waals surface area (Å²) in [7, 11) is 0. The molecule has 14 heavy (non-hydrogen) atoms. The number of carbonyl (C=O) groups excluding carboxylic acids is 1.